The van der Waals surface area contributed by atoms with Crippen LogP contribution in [0.25, 0.3) is 0 Å². The third-order valence-electron chi connectivity index (χ3n) is 1.71. The first-order valence-corrected chi connectivity index (χ1v) is 4.43. The van der Waals surface area contributed by atoms with E-state index in [1.165, 1.54) is 13.2 Å². The van der Waals surface area contributed by atoms with E-state index >= 15 is 0 Å². The largest absolute Gasteiger partial charge is 0.496 e. The van der Waals surface area contributed by atoms with Crippen molar-refractivity contribution in [1.82, 2.24) is 0 Å². The van der Waals surface area contributed by atoms with Gasteiger partial charge in [0.2, 0.25) is 0 Å². The van der Waals surface area contributed by atoms with Gasteiger partial charge < -0.3 is 9.84 Å². The fraction of sp³-hybridized carbons (Fsp3) is 0.222. The molecule has 3 nitrogen and oxygen atoms in total. The quantitative estimate of drug-likeness (QED) is 0.870. The second-order valence-electron chi connectivity index (χ2n) is 2.61. The lowest BCUT2D eigenvalue weighted by atomic mass is 10.1. The van der Waals surface area contributed by atoms with Gasteiger partial charge in [0.25, 0.3) is 0 Å². The van der Waals surface area contributed by atoms with Crippen LogP contribution in [-0.2, 0) is 0 Å². The smallest absolute Gasteiger partial charge is 0.336 e. The summed E-state index contributed by atoms with van der Waals surface area (Å²) in [6, 6.07) is 3.23. The topological polar surface area (TPSA) is 46.5 Å². The van der Waals surface area contributed by atoms with Crippen molar-refractivity contribution in [1.29, 1.82) is 0 Å². The molecule has 0 amide bonds. The lowest BCUT2D eigenvalue weighted by molar-refractivity contribution is 0.0695. The molecule has 70 valence electrons. The van der Waals surface area contributed by atoms with E-state index in [0.717, 1.165) is 5.56 Å². The van der Waals surface area contributed by atoms with Gasteiger partial charge in [0.05, 0.1) is 12.7 Å². The Labute approximate surface area is 84.5 Å². The number of aryl methyl sites for hydroxylation is 1. The molecule has 0 fully saturated rings. The number of aromatic carboxylic acids is 1. The molecule has 4 heteroatoms. The number of methoxy groups -OCH3 is 1. The Morgan fingerprint density at radius 1 is 1.54 bits per heavy atom. The first-order valence-electron chi connectivity index (χ1n) is 3.63. The molecular formula is C9H9BrO3. The van der Waals surface area contributed by atoms with Gasteiger partial charge in [-0.15, -0.1) is 0 Å². The molecule has 0 bridgehead atoms. The summed E-state index contributed by atoms with van der Waals surface area (Å²) in [6.07, 6.45) is 0. The van der Waals surface area contributed by atoms with Gasteiger partial charge in [-0.2, -0.15) is 0 Å². The van der Waals surface area contributed by atoms with Crippen molar-refractivity contribution >= 4 is 21.9 Å². The van der Waals surface area contributed by atoms with Gasteiger partial charge in [0.1, 0.15) is 5.75 Å². The van der Waals surface area contributed by atoms with E-state index in [1.54, 1.807) is 6.07 Å². The average Bonchev–Trinajstić information content (AvgIpc) is 2.03. The minimum absolute atomic E-state index is 0.211. The number of carbonyl (C=O) groups is 1. The Kier molecular flexibility index (Phi) is 2.93. The number of benzene rings is 1. The van der Waals surface area contributed by atoms with Crippen LogP contribution in [0.1, 0.15) is 15.9 Å². The third-order valence-corrected chi connectivity index (χ3v) is 2.37. The number of carboxylic acids is 1. The maximum absolute atomic E-state index is 10.7. The second kappa shape index (κ2) is 3.79. The summed E-state index contributed by atoms with van der Waals surface area (Å²) in [5.41, 5.74) is 1.11. The molecule has 0 saturated heterocycles. The minimum Gasteiger partial charge on any atom is -0.496 e. The lowest BCUT2D eigenvalue weighted by Gasteiger charge is -2.06. The number of hydrogen-bond donors (Lipinski definition) is 1. The van der Waals surface area contributed by atoms with Crippen LogP contribution in [0.2, 0.25) is 0 Å². The highest BCUT2D eigenvalue weighted by molar-refractivity contribution is 9.10. The van der Waals surface area contributed by atoms with Crippen LogP contribution >= 0.6 is 15.9 Å². The van der Waals surface area contributed by atoms with Crippen LogP contribution in [0.4, 0.5) is 0 Å². The van der Waals surface area contributed by atoms with E-state index in [9.17, 15) is 4.79 Å². The van der Waals surface area contributed by atoms with Crippen LogP contribution in [0.3, 0.4) is 0 Å². The molecule has 13 heavy (non-hydrogen) atoms. The summed E-state index contributed by atoms with van der Waals surface area (Å²) in [6.45, 7) is 1.86. The van der Waals surface area contributed by atoms with E-state index < -0.39 is 5.97 Å². The highest BCUT2D eigenvalue weighted by Crippen LogP contribution is 2.26. The predicted octanol–water partition coefficient (Wildman–Crippen LogP) is 2.46. The van der Waals surface area contributed by atoms with Gasteiger partial charge in [-0.1, -0.05) is 0 Å². The van der Waals surface area contributed by atoms with Crippen LogP contribution < -0.4 is 4.74 Å². The molecule has 0 aliphatic rings. The summed E-state index contributed by atoms with van der Waals surface area (Å²) in [5, 5.41) is 8.79. The highest BCUT2D eigenvalue weighted by Gasteiger charge is 2.11. The lowest BCUT2D eigenvalue weighted by Crippen LogP contribution is -1.99. The van der Waals surface area contributed by atoms with Gasteiger partial charge in [-0.05, 0) is 40.5 Å². The van der Waals surface area contributed by atoms with E-state index in [2.05, 4.69) is 15.9 Å². The molecule has 1 aromatic carbocycles. The van der Waals surface area contributed by atoms with Crippen molar-refractivity contribution in [2.75, 3.05) is 7.11 Å². The fourth-order valence-electron chi connectivity index (χ4n) is 1.04. The average molecular weight is 245 g/mol. The predicted molar refractivity (Wildman–Crippen MR) is 52.4 cm³/mol. The Morgan fingerprint density at radius 2 is 2.15 bits per heavy atom. The Morgan fingerprint density at radius 3 is 2.62 bits per heavy atom. The van der Waals surface area contributed by atoms with Crippen LogP contribution in [0, 0.1) is 6.92 Å². The number of rotatable bonds is 2. The standard InChI is InChI=1S/C9H9BrO3/c1-5-3-7(10)6(9(11)12)4-8(5)13-2/h3-4H,1-2H3,(H,11,12). The normalized spacial score (nSPS) is 9.77. The summed E-state index contributed by atoms with van der Waals surface area (Å²) in [7, 11) is 1.52. The molecule has 0 aliphatic heterocycles. The Balaban J connectivity index is 3.30. The van der Waals surface area contributed by atoms with Gasteiger partial charge >= 0.3 is 5.97 Å². The monoisotopic (exact) mass is 244 g/mol. The summed E-state index contributed by atoms with van der Waals surface area (Å²) < 4.78 is 5.57. The van der Waals surface area contributed by atoms with Gasteiger partial charge in [0, 0.05) is 4.47 Å². The SMILES string of the molecule is COc1cc(C(=O)O)c(Br)cc1C. The van der Waals surface area contributed by atoms with Crippen molar-refractivity contribution in [3.05, 3.63) is 27.7 Å². The van der Waals surface area contributed by atoms with Crippen molar-refractivity contribution in [3.8, 4) is 5.75 Å². The fourth-order valence-corrected chi connectivity index (χ4v) is 1.66. The third kappa shape index (κ3) is 2.01. The maximum atomic E-state index is 10.7. The number of hydrogen-bond acceptors (Lipinski definition) is 2. The van der Waals surface area contributed by atoms with Crippen LogP contribution in [-0.4, -0.2) is 18.2 Å². The molecular weight excluding hydrogens is 236 g/mol. The second-order valence-corrected chi connectivity index (χ2v) is 3.46. The zero-order valence-corrected chi connectivity index (χ0v) is 8.88. The van der Waals surface area contributed by atoms with Crippen molar-refractivity contribution in [2.24, 2.45) is 0 Å². The highest BCUT2D eigenvalue weighted by atomic mass is 79.9. The Bertz CT molecular complexity index is 347. The first-order chi connectivity index (χ1) is 6.06. The Hall–Kier alpha value is -1.03. The molecule has 0 unspecified atom stereocenters. The van der Waals surface area contributed by atoms with Gasteiger partial charge in [-0.3, -0.25) is 0 Å². The van der Waals surface area contributed by atoms with Crippen molar-refractivity contribution in [2.45, 2.75) is 6.92 Å². The molecule has 0 aliphatic carbocycles. The van der Waals surface area contributed by atoms with E-state index in [4.69, 9.17) is 9.84 Å². The summed E-state index contributed by atoms with van der Waals surface area (Å²) >= 11 is 3.17. The molecule has 1 aromatic rings. The molecule has 0 aromatic heterocycles. The maximum Gasteiger partial charge on any atom is 0.336 e. The molecule has 0 atom stereocenters. The summed E-state index contributed by atoms with van der Waals surface area (Å²) in [4.78, 5) is 10.7. The molecule has 1 N–H and O–H groups in total. The number of ether oxygens (including phenoxy) is 1. The first kappa shape index (κ1) is 10.1. The zero-order valence-electron chi connectivity index (χ0n) is 7.30. The number of halogens is 1. The van der Waals surface area contributed by atoms with Crippen molar-refractivity contribution < 1.29 is 14.6 Å². The summed E-state index contributed by atoms with van der Waals surface area (Å²) in [5.74, 6) is -0.384. The minimum atomic E-state index is -0.967. The van der Waals surface area contributed by atoms with Crippen LogP contribution in [0.15, 0.2) is 16.6 Å². The van der Waals surface area contributed by atoms with E-state index in [-0.39, 0.29) is 5.56 Å². The zero-order chi connectivity index (χ0) is 10.0. The molecule has 0 saturated carbocycles. The van der Waals surface area contributed by atoms with Gasteiger partial charge in [0.15, 0.2) is 0 Å². The van der Waals surface area contributed by atoms with Crippen LogP contribution in [0.5, 0.6) is 5.75 Å². The molecule has 0 spiro atoms. The van der Waals surface area contributed by atoms with Gasteiger partial charge in [-0.25, -0.2) is 4.79 Å². The van der Waals surface area contributed by atoms with E-state index in [0.29, 0.717) is 10.2 Å². The van der Waals surface area contributed by atoms with Crippen molar-refractivity contribution in [3.63, 3.8) is 0 Å². The molecule has 0 heterocycles. The molecule has 0 radical (unpaired) electrons. The molecule has 1 rings (SSSR count). The van der Waals surface area contributed by atoms with E-state index in [1.807, 2.05) is 6.92 Å². The number of carboxylic acid groups (broad SMARTS) is 1.